The number of hydrogen-bond donors (Lipinski definition) is 0. The van der Waals surface area contributed by atoms with Crippen LogP contribution in [-0.2, 0) is 11.3 Å². The van der Waals surface area contributed by atoms with Crippen molar-refractivity contribution in [1.82, 2.24) is 19.4 Å². The molecule has 7 nitrogen and oxygen atoms in total. The highest BCUT2D eigenvalue weighted by molar-refractivity contribution is 5.79. The summed E-state index contributed by atoms with van der Waals surface area (Å²) in [5.41, 5.74) is 1.58. The Kier molecular flexibility index (Phi) is 4.35. The van der Waals surface area contributed by atoms with E-state index in [0.29, 0.717) is 24.0 Å². The van der Waals surface area contributed by atoms with Gasteiger partial charge in [-0.05, 0) is 24.3 Å². The molecular formula is C19H19N5O2. The zero-order chi connectivity index (χ0) is 17.9. The number of benzene rings is 1. The number of carbonyl (C=O) groups is 1. The van der Waals surface area contributed by atoms with Crippen LogP contribution < -0.4 is 10.5 Å². The van der Waals surface area contributed by atoms with Crippen LogP contribution in [0.5, 0.6) is 0 Å². The van der Waals surface area contributed by atoms with Crippen molar-refractivity contribution in [3.05, 3.63) is 65.5 Å². The number of para-hydroxylation sites is 1. The topological polar surface area (TPSA) is 71.3 Å². The first-order valence-corrected chi connectivity index (χ1v) is 8.59. The molecule has 0 saturated carbocycles. The predicted octanol–water partition coefficient (Wildman–Crippen LogP) is 1.14. The average Bonchev–Trinajstić information content (AvgIpc) is 2.71. The molecule has 0 spiro atoms. The van der Waals surface area contributed by atoms with Gasteiger partial charge in [0, 0.05) is 44.3 Å². The van der Waals surface area contributed by atoms with Crippen LogP contribution in [0.3, 0.4) is 0 Å². The molecule has 0 bridgehead atoms. The smallest absolute Gasteiger partial charge is 0.261 e. The molecule has 0 aliphatic carbocycles. The molecule has 1 aliphatic rings. The summed E-state index contributed by atoms with van der Waals surface area (Å²) < 4.78 is 1.39. The molecule has 0 N–H and O–H groups in total. The molecule has 0 radical (unpaired) electrons. The maximum Gasteiger partial charge on any atom is 0.261 e. The summed E-state index contributed by atoms with van der Waals surface area (Å²) >= 11 is 0. The quantitative estimate of drug-likeness (QED) is 0.709. The molecule has 7 heteroatoms. The van der Waals surface area contributed by atoms with Gasteiger partial charge in [-0.3, -0.25) is 19.1 Å². The van der Waals surface area contributed by atoms with E-state index in [1.807, 2.05) is 18.2 Å². The maximum atomic E-state index is 12.6. The minimum atomic E-state index is -0.181. The molecule has 0 atom stereocenters. The van der Waals surface area contributed by atoms with Crippen LogP contribution in [0, 0.1) is 0 Å². The number of aromatic nitrogens is 3. The second kappa shape index (κ2) is 6.95. The van der Waals surface area contributed by atoms with Crippen LogP contribution >= 0.6 is 0 Å². The summed E-state index contributed by atoms with van der Waals surface area (Å²) in [5, 5.41) is 0.533. The fourth-order valence-corrected chi connectivity index (χ4v) is 3.23. The Labute approximate surface area is 150 Å². The molecule has 3 heterocycles. The number of piperazine rings is 1. The van der Waals surface area contributed by atoms with Gasteiger partial charge in [0.1, 0.15) is 6.54 Å². The number of amides is 1. The predicted molar refractivity (Wildman–Crippen MR) is 99.0 cm³/mol. The number of anilines is 1. The molecule has 1 saturated heterocycles. The van der Waals surface area contributed by atoms with Gasteiger partial charge < -0.3 is 9.80 Å². The summed E-state index contributed by atoms with van der Waals surface area (Å²) in [6.07, 6.45) is 4.99. The standard InChI is InChI=1S/C19H19N5O2/c25-18(13-24-14-21-17-4-2-1-3-16(17)19(24)26)23-11-9-22(10-12-23)15-5-7-20-8-6-15/h1-8,14H,9-13H2. The van der Waals surface area contributed by atoms with E-state index in [4.69, 9.17) is 0 Å². The van der Waals surface area contributed by atoms with Gasteiger partial charge in [-0.15, -0.1) is 0 Å². The molecule has 1 amide bonds. The van der Waals surface area contributed by atoms with Crippen LogP contribution in [0.2, 0.25) is 0 Å². The Balaban J connectivity index is 1.43. The van der Waals surface area contributed by atoms with E-state index in [1.54, 1.807) is 35.5 Å². The van der Waals surface area contributed by atoms with Gasteiger partial charge in [0.2, 0.25) is 5.91 Å². The van der Waals surface area contributed by atoms with Crippen LogP contribution in [0.15, 0.2) is 59.9 Å². The summed E-state index contributed by atoms with van der Waals surface area (Å²) in [6, 6.07) is 11.1. The first-order chi connectivity index (χ1) is 12.7. The monoisotopic (exact) mass is 349 g/mol. The molecule has 1 aliphatic heterocycles. The van der Waals surface area contributed by atoms with E-state index in [1.165, 1.54) is 10.9 Å². The van der Waals surface area contributed by atoms with Crippen molar-refractivity contribution in [3.63, 3.8) is 0 Å². The van der Waals surface area contributed by atoms with Gasteiger partial charge in [-0.25, -0.2) is 4.98 Å². The second-order valence-corrected chi connectivity index (χ2v) is 6.27. The lowest BCUT2D eigenvalue weighted by atomic mass is 10.2. The Morgan fingerprint density at radius 2 is 1.73 bits per heavy atom. The zero-order valence-electron chi connectivity index (χ0n) is 14.3. The Bertz CT molecular complexity index is 978. The molecule has 26 heavy (non-hydrogen) atoms. The first kappa shape index (κ1) is 16.3. The van der Waals surface area contributed by atoms with Crippen molar-refractivity contribution in [1.29, 1.82) is 0 Å². The lowest BCUT2D eigenvalue weighted by molar-refractivity contribution is -0.132. The normalized spacial score (nSPS) is 14.6. The number of nitrogens with zero attached hydrogens (tertiary/aromatic N) is 5. The van der Waals surface area contributed by atoms with E-state index in [9.17, 15) is 9.59 Å². The van der Waals surface area contributed by atoms with E-state index in [-0.39, 0.29) is 18.0 Å². The van der Waals surface area contributed by atoms with Gasteiger partial charge in [-0.1, -0.05) is 12.1 Å². The fourth-order valence-electron chi connectivity index (χ4n) is 3.23. The fraction of sp³-hybridized carbons (Fsp3) is 0.263. The highest BCUT2D eigenvalue weighted by Gasteiger charge is 2.21. The van der Waals surface area contributed by atoms with Gasteiger partial charge >= 0.3 is 0 Å². The molecule has 3 aromatic rings. The molecule has 1 fully saturated rings. The minimum absolute atomic E-state index is 0.0198. The second-order valence-electron chi connectivity index (χ2n) is 6.27. The van der Waals surface area contributed by atoms with Gasteiger partial charge in [0.05, 0.1) is 17.2 Å². The summed E-state index contributed by atoms with van der Waals surface area (Å²) in [4.78, 5) is 37.5. The largest absolute Gasteiger partial charge is 0.368 e. The van der Waals surface area contributed by atoms with Gasteiger partial charge in [-0.2, -0.15) is 0 Å². The van der Waals surface area contributed by atoms with Crippen molar-refractivity contribution in [2.24, 2.45) is 0 Å². The van der Waals surface area contributed by atoms with Gasteiger partial charge in [0.15, 0.2) is 0 Å². The molecule has 4 rings (SSSR count). The number of pyridine rings is 1. The summed E-state index contributed by atoms with van der Waals surface area (Å²) in [5.74, 6) is -0.0569. The Hall–Kier alpha value is -3.22. The summed E-state index contributed by atoms with van der Waals surface area (Å²) in [7, 11) is 0. The minimum Gasteiger partial charge on any atom is -0.368 e. The third kappa shape index (κ3) is 3.15. The van der Waals surface area contributed by atoms with Crippen molar-refractivity contribution < 1.29 is 4.79 Å². The molecule has 2 aromatic heterocycles. The average molecular weight is 349 g/mol. The third-order valence-electron chi connectivity index (χ3n) is 4.70. The van der Waals surface area contributed by atoms with Gasteiger partial charge in [0.25, 0.3) is 5.56 Å². The number of rotatable bonds is 3. The van der Waals surface area contributed by atoms with Crippen LogP contribution in [0.1, 0.15) is 0 Å². The van der Waals surface area contributed by atoms with Crippen LogP contribution in [0.4, 0.5) is 5.69 Å². The SMILES string of the molecule is O=C(Cn1cnc2ccccc2c1=O)N1CCN(c2ccncc2)CC1. The zero-order valence-corrected chi connectivity index (χ0v) is 14.3. The Morgan fingerprint density at radius 3 is 2.50 bits per heavy atom. The maximum absolute atomic E-state index is 12.6. The summed E-state index contributed by atoms with van der Waals surface area (Å²) in [6.45, 7) is 2.82. The highest BCUT2D eigenvalue weighted by Crippen LogP contribution is 2.15. The molecular weight excluding hydrogens is 330 g/mol. The third-order valence-corrected chi connectivity index (χ3v) is 4.70. The lowest BCUT2D eigenvalue weighted by Crippen LogP contribution is -2.50. The van der Waals surface area contributed by atoms with Crippen molar-refractivity contribution in [2.45, 2.75) is 6.54 Å². The van der Waals surface area contributed by atoms with E-state index < -0.39 is 0 Å². The molecule has 0 unspecified atom stereocenters. The van der Waals surface area contributed by atoms with E-state index in [0.717, 1.165) is 18.8 Å². The lowest BCUT2D eigenvalue weighted by Gasteiger charge is -2.36. The first-order valence-electron chi connectivity index (χ1n) is 8.59. The Morgan fingerprint density at radius 1 is 1.00 bits per heavy atom. The highest BCUT2D eigenvalue weighted by atomic mass is 16.2. The number of fused-ring (bicyclic) bond motifs is 1. The molecule has 1 aromatic carbocycles. The van der Waals surface area contributed by atoms with Crippen LogP contribution in [-0.4, -0.2) is 51.5 Å². The van der Waals surface area contributed by atoms with Crippen LogP contribution in [0.25, 0.3) is 10.9 Å². The number of carbonyl (C=O) groups excluding carboxylic acids is 1. The van der Waals surface area contributed by atoms with Crippen molar-refractivity contribution in [3.8, 4) is 0 Å². The van der Waals surface area contributed by atoms with Crippen molar-refractivity contribution >= 4 is 22.5 Å². The molecule has 132 valence electrons. The number of hydrogen-bond acceptors (Lipinski definition) is 5. The van der Waals surface area contributed by atoms with E-state index >= 15 is 0 Å². The van der Waals surface area contributed by atoms with E-state index in [2.05, 4.69) is 14.9 Å². The van der Waals surface area contributed by atoms with Crippen molar-refractivity contribution in [2.75, 3.05) is 31.1 Å².